The molecule has 96 valence electrons. The SMILES string of the molecule is CC(C)(C)c1nnc(NC(=O)c2ccc(N)o2)s1. The van der Waals surface area contributed by atoms with E-state index in [1.54, 1.807) is 0 Å². The first-order chi connectivity index (χ1) is 8.36. The molecule has 0 saturated heterocycles. The molecule has 0 aliphatic carbocycles. The number of nitrogens with one attached hydrogen (secondary N) is 1. The van der Waals surface area contributed by atoms with Crippen LogP contribution in [0.5, 0.6) is 0 Å². The van der Waals surface area contributed by atoms with Crippen LogP contribution >= 0.6 is 11.3 Å². The van der Waals surface area contributed by atoms with Crippen molar-refractivity contribution >= 4 is 28.3 Å². The molecule has 0 fully saturated rings. The molecule has 0 unspecified atom stereocenters. The maximum absolute atomic E-state index is 11.8. The van der Waals surface area contributed by atoms with E-state index in [2.05, 4.69) is 15.5 Å². The smallest absolute Gasteiger partial charge is 0.293 e. The lowest BCUT2D eigenvalue weighted by Crippen LogP contribution is -2.10. The van der Waals surface area contributed by atoms with Gasteiger partial charge in [-0.15, -0.1) is 10.2 Å². The van der Waals surface area contributed by atoms with Crippen LogP contribution in [-0.2, 0) is 5.41 Å². The molecular formula is C11H14N4O2S. The number of rotatable bonds is 2. The van der Waals surface area contributed by atoms with Gasteiger partial charge in [0.05, 0.1) is 0 Å². The van der Waals surface area contributed by atoms with E-state index in [9.17, 15) is 4.79 Å². The fourth-order valence-corrected chi connectivity index (χ4v) is 2.01. The van der Waals surface area contributed by atoms with E-state index in [0.29, 0.717) is 5.13 Å². The minimum atomic E-state index is -0.386. The Kier molecular flexibility index (Phi) is 3.08. The molecule has 3 N–H and O–H groups in total. The molecule has 0 atom stereocenters. The molecule has 2 aromatic rings. The third-order valence-corrected chi connectivity index (χ3v) is 3.40. The van der Waals surface area contributed by atoms with Gasteiger partial charge < -0.3 is 10.2 Å². The summed E-state index contributed by atoms with van der Waals surface area (Å²) in [6.45, 7) is 6.10. The van der Waals surface area contributed by atoms with E-state index in [1.807, 2.05) is 20.8 Å². The summed E-state index contributed by atoms with van der Waals surface area (Å²) in [6.07, 6.45) is 0. The number of carbonyl (C=O) groups is 1. The summed E-state index contributed by atoms with van der Waals surface area (Å²) in [5.74, 6) is -0.0314. The average Bonchev–Trinajstić information content (AvgIpc) is 2.85. The maximum atomic E-state index is 11.8. The lowest BCUT2D eigenvalue weighted by atomic mass is 9.98. The van der Waals surface area contributed by atoms with E-state index >= 15 is 0 Å². The van der Waals surface area contributed by atoms with Crippen LogP contribution in [0.4, 0.5) is 11.0 Å². The van der Waals surface area contributed by atoms with Crippen LogP contribution < -0.4 is 11.1 Å². The summed E-state index contributed by atoms with van der Waals surface area (Å²) in [7, 11) is 0. The average molecular weight is 266 g/mol. The van der Waals surface area contributed by atoms with Gasteiger partial charge in [0.2, 0.25) is 5.13 Å². The Morgan fingerprint density at radius 2 is 2.11 bits per heavy atom. The fraction of sp³-hybridized carbons (Fsp3) is 0.364. The van der Waals surface area contributed by atoms with Crippen LogP contribution in [0.2, 0.25) is 0 Å². The molecule has 0 radical (unpaired) electrons. The van der Waals surface area contributed by atoms with Crippen molar-refractivity contribution in [1.29, 1.82) is 0 Å². The molecule has 2 aromatic heterocycles. The Hall–Kier alpha value is -1.89. The van der Waals surface area contributed by atoms with Crippen molar-refractivity contribution in [1.82, 2.24) is 10.2 Å². The van der Waals surface area contributed by atoms with Gasteiger partial charge in [0, 0.05) is 11.5 Å². The Morgan fingerprint density at radius 1 is 1.39 bits per heavy atom. The zero-order valence-corrected chi connectivity index (χ0v) is 11.2. The fourth-order valence-electron chi connectivity index (χ4n) is 1.21. The Morgan fingerprint density at radius 3 is 2.61 bits per heavy atom. The van der Waals surface area contributed by atoms with E-state index in [4.69, 9.17) is 10.2 Å². The van der Waals surface area contributed by atoms with Gasteiger partial charge in [-0.3, -0.25) is 10.1 Å². The van der Waals surface area contributed by atoms with Crippen molar-refractivity contribution in [2.24, 2.45) is 0 Å². The number of nitrogen functional groups attached to an aromatic ring is 1. The van der Waals surface area contributed by atoms with Gasteiger partial charge in [-0.1, -0.05) is 32.1 Å². The van der Waals surface area contributed by atoms with Crippen LogP contribution in [0, 0.1) is 0 Å². The van der Waals surface area contributed by atoms with Crippen LogP contribution in [0.3, 0.4) is 0 Å². The van der Waals surface area contributed by atoms with Crippen molar-refractivity contribution in [3.05, 3.63) is 22.9 Å². The largest absolute Gasteiger partial charge is 0.436 e. The van der Waals surface area contributed by atoms with Gasteiger partial charge in [0.1, 0.15) is 5.01 Å². The predicted molar refractivity (Wildman–Crippen MR) is 69.7 cm³/mol. The highest BCUT2D eigenvalue weighted by molar-refractivity contribution is 7.15. The monoisotopic (exact) mass is 266 g/mol. The third-order valence-electron chi connectivity index (χ3n) is 2.14. The molecule has 0 aromatic carbocycles. The standard InChI is InChI=1S/C11H14N4O2S/c1-11(2,3)9-14-15-10(18-9)13-8(16)6-4-5-7(12)17-6/h4-5H,12H2,1-3H3,(H,13,15,16). The lowest BCUT2D eigenvalue weighted by molar-refractivity contribution is 0.0997. The number of aromatic nitrogens is 2. The molecule has 0 saturated carbocycles. The molecular weight excluding hydrogens is 252 g/mol. The summed E-state index contributed by atoms with van der Waals surface area (Å²) in [5, 5.41) is 11.9. The Bertz CT molecular complexity index is 568. The van der Waals surface area contributed by atoms with Gasteiger partial charge in [-0.2, -0.15) is 0 Å². The van der Waals surface area contributed by atoms with Gasteiger partial charge in [-0.25, -0.2) is 0 Å². The van der Waals surface area contributed by atoms with Gasteiger partial charge in [0.15, 0.2) is 11.6 Å². The zero-order valence-electron chi connectivity index (χ0n) is 10.4. The first-order valence-electron chi connectivity index (χ1n) is 5.37. The Balaban J connectivity index is 2.10. The van der Waals surface area contributed by atoms with Crippen molar-refractivity contribution in [3.8, 4) is 0 Å². The van der Waals surface area contributed by atoms with E-state index in [0.717, 1.165) is 5.01 Å². The summed E-state index contributed by atoms with van der Waals surface area (Å²) < 4.78 is 5.01. The van der Waals surface area contributed by atoms with Crippen LogP contribution in [0.25, 0.3) is 0 Å². The molecule has 2 heterocycles. The van der Waals surface area contributed by atoms with Gasteiger partial charge >= 0.3 is 0 Å². The molecule has 0 aliphatic rings. The topological polar surface area (TPSA) is 94.0 Å². The van der Waals surface area contributed by atoms with Gasteiger partial charge in [0.25, 0.3) is 5.91 Å². The molecule has 2 rings (SSSR count). The summed E-state index contributed by atoms with van der Waals surface area (Å²) in [6, 6.07) is 3.03. The van der Waals surface area contributed by atoms with E-state index in [-0.39, 0.29) is 23.0 Å². The molecule has 1 amide bonds. The number of hydrogen-bond acceptors (Lipinski definition) is 6. The molecule has 18 heavy (non-hydrogen) atoms. The maximum Gasteiger partial charge on any atom is 0.293 e. The summed E-state index contributed by atoms with van der Waals surface area (Å²) in [5.41, 5.74) is 5.31. The Labute approximate surface area is 108 Å². The molecule has 7 heteroatoms. The minimum absolute atomic E-state index is 0.0875. The van der Waals surface area contributed by atoms with Crippen LogP contribution in [-0.4, -0.2) is 16.1 Å². The van der Waals surface area contributed by atoms with Crippen molar-refractivity contribution in [2.75, 3.05) is 11.1 Å². The van der Waals surface area contributed by atoms with Gasteiger partial charge in [-0.05, 0) is 6.07 Å². The number of nitrogens with two attached hydrogens (primary N) is 1. The minimum Gasteiger partial charge on any atom is -0.436 e. The summed E-state index contributed by atoms with van der Waals surface area (Å²) in [4.78, 5) is 11.8. The first kappa shape index (κ1) is 12.6. The van der Waals surface area contributed by atoms with E-state index in [1.165, 1.54) is 23.5 Å². The highest BCUT2D eigenvalue weighted by Crippen LogP contribution is 2.27. The van der Waals surface area contributed by atoms with Crippen LogP contribution in [0.1, 0.15) is 36.3 Å². The molecule has 6 nitrogen and oxygen atoms in total. The second kappa shape index (κ2) is 4.41. The second-order valence-corrected chi connectivity index (χ2v) is 5.80. The van der Waals surface area contributed by atoms with Crippen LogP contribution in [0.15, 0.2) is 16.5 Å². The molecule has 0 bridgehead atoms. The number of carbonyl (C=O) groups excluding carboxylic acids is 1. The zero-order chi connectivity index (χ0) is 13.3. The van der Waals surface area contributed by atoms with Crippen molar-refractivity contribution < 1.29 is 9.21 Å². The number of anilines is 2. The lowest BCUT2D eigenvalue weighted by Gasteiger charge is -2.12. The number of nitrogens with zero attached hydrogens (tertiary/aromatic N) is 2. The van der Waals surface area contributed by atoms with E-state index < -0.39 is 0 Å². The normalized spacial score (nSPS) is 11.5. The van der Waals surface area contributed by atoms with Crippen molar-refractivity contribution in [2.45, 2.75) is 26.2 Å². The van der Waals surface area contributed by atoms with Crippen molar-refractivity contribution in [3.63, 3.8) is 0 Å². The number of furan rings is 1. The summed E-state index contributed by atoms with van der Waals surface area (Å²) >= 11 is 1.34. The second-order valence-electron chi connectivity index (χ2n) is 4.82. The number of amides is 1. The molecule has 0 spiro atoms. The third kappa shape index (κ3) is 2.67. The first-order valence-corrected chi connectivity index (χ1v) is 6.18. The highest BCUT2D eigenvalue weighted by Gasteiger charge is 2.20. The number of hydrogen-bond donors (Lipinski definition) is 2. The highest BCUT2D eigenvalue weighted by atomic mass is 32.1. The molecule has 0 aliphatic heterocycles. The predicted octanol–water partition coefficient (Wildman–Crippen LogP) is 2.26. The quantitative estimate of drug-likeness (QED) is 0.869.